The van der Waals surface area contributed by atoms with Gasteiger partial charge >= 0.3 is 12.3 Å². The number of aromatic nitrogens is 4. The molecule has 1 aliphatic carbocycles. The second-order valence-corrected chi connectivity index (χ2v) is 13.8. The lowest BCUT2D eigenvalue weighted by Gasteiger charge is -2.45. The zero-order valence-electron chi connectivity index (χ0n) is 26.7. The monoisotopic (exact) mass is 694 g/mol. The van der Waals surface area contributed by atoms with Crippen molar-refractivity contribution >= 4 is 40.6 Å². The molecule has 0 saturated carbocycles. The van der Waals surface area contributed by atoms with Gasteiger partial charge in [0.2, 0.25) is 11.7 Å². The molecule has 0 radical (unpaired) electrons. The lowest BCUT2D eigenvalue weighted by molar-refractivity contribution is -0.140. The topological polar surface area (TPSA) is 120 Å². The standard InChI is InChI=1S/C32H35ClF4N6O5/c1-30(2,3)48-29(46)41-11-9-31(10-12-41)8-4-5-23-25(31)27(45)43-28(39-26(40-43)18-6-13-47-14-7-18)42(23)17-24(44)38-22-16-21(34)19(15-20(22)33)32(35,36)37/h6,15-16H,4-5,7-14,17H2,1-3H3,(H,38,44). The van der Waals surface area contributed by atoms with Gasteiger partial charge in [0.25, 0.3) is 5.56 Å². The first-order chi connectivity index (χ1) is 22.6. The summed E-state index contributed by atoms with van der Waals surface area (Å²) in [7, 11) is 0. The molecular formula is C32H35ClF4N6O5. The predicted octanol–water partition coefficient (Wildman–Crippen LogP) is 5.75. The molecule has 2 amide bonds. The van der Waals surface area contributed by atoms with Crippen LogP contribution in [-0.4, -0.2) is 68.0 Å². The van der Waals surface area contributed by atoms with Crippen LogP contribution in [0, 0.1) is 5.82 Å². The first-order valence-electron chi connectivity index (χ1n) is 15.7. The van der Waals surface area contributed by atoms with Gasteiger partial charge in [-0.2, -0.15) is 22.7 Å². The summed E-state index contributed by atoms with van der Waals surface area (Å²) in [6, 6.07) is 0.950. The first-order valence-corrected chi connectivity index (χ1v) is 16.1. The van der Waals surface area contributed by atoms with Crippen LogP contribution >= 0.6 is 11.6 Å². The molecule has 0 bridgehead atoms. The van der Waals surface area contributed by atoms with Crippen molar-refractivity contribution in [2.45, 2.75) is 83.0 Å². The number of ether oxygens (including phenoxy) is 2. The Hall–Kier alpha value is -3.98. The van der Waals surface area contributed by atoms with E-state index >= 15 is 0 Å². The molecule has 1 spiro atoms. The van der Waals surface area contributed by atoms with E-state index in [2.05, 4.69) is 15.4 Å². The average Bonchev–Trinajstić information content (AvgIpc) is 3.46. The van der Waals surface area contributed by atoms with Crippen molar-refractivity contribution in [1.29, 1.82) is 0 Å². The Morgan fingerprint density at radius 3 is 2.50 bits per heavy atom. The fourth-order valence-electron chi connectivity index (χ4n) is 6.78. The quantitative estimate of drug-likeness (QED) is 0.346. The highest BCUT2D eigenvalue weighted by atomic mass is 35.5. The Labute approximate surface area is 277 Å². The summed E-state index contributed by atoms with van der Waals surface area (Å²) in [5.41, 5.74) is -1.66. The summed E-state index contributed by atoms with van der Waals surface area (Å²) in [5, 5.41) is 6.50. The van der Waals surface area contributed by atoms with Crippen molar-refractivity contribution in [3.8, 4) is 0 Å². The maximum absolute atomic E-state index is 14.4. The number of anilines is 1. The number of halogens is 5. The maximum atomic E-state index is 14.4. The van der Waals surface area contributed by atoms with Crippen LogP contribution in [0.1, 0.15) is 75.5 Å². The SMILES string of the molecule is CC(C)(C)OC(=O)N1CCC2(CCCc3c2c(=O)n2nc(C4=CCOCC4)nc2n3CC(=O)Nc2cc(F)c(C(F)(F)F)cc2Cl)CC1. The minimum Gasteiger partial charge on any atom is -0.444 e. The Kier molecular flexibility index (Phi) is 8.81. The van der Waals surface area contributed by atoms with Crippen LogP contribution in [0.4, 0.5) is 28.0 Å². The molecular weight excluding hydrogens is 660 g/mol. The number of carbonyl (C=O) groups is 2. The molecule has 48 heavy (non-hydrogen) atoms. The van der Waals surface area contributed by atoms with Crippen molar-refractivity contribution in [3.05, 3.63) is 62.0 Å². The number of amides is 2. The van der Waals surface area contributed by atoms with Gasteiger partial charge in [0.05, 0.1) is 29.5 Å². The lowest BCUT2D eigenvalue weighted by Crippen LogP contribution is -2.51. The van der Waals surface area contributed by atoms with Gasteiger partial charge in [0, 0.05) is 29.8 Å². The molecule has 1 fully saturated rings. The summed E-state index contributed by atoms with van der Waals surface area (Å²) in [6.45, 7) is 6.50. The van der Waals surface area contributed by atoms with E-state index in [0.29, 0.717) is 94.0 Å². The van der Waals surface area contributed by atoms with E-state index in [1.54, 1.807) is 30.2 Å². The molecule has 0 atom stereocenters. The van der Waals surface area contributed by atoms with Gasteiger partial charge in [0.15, 0.2) is 5.82 Å². The third-order valence-electron chi connectivity index (χ3n) is 9.01. The van der Waals surface area contributed by atoms with Crippen molar-refractivity contribution in [3.63, 3.8) is 0 Å². The van der Waals surface area contributed by atoms with E-state index in [1.807, 2.05) is 6.08 Å². The van der Waals surface area contributed by atoms with Gasteiger partial charge in [0.1, 0.15) is 18.0 Å². The number of carbonyl (C=O) groups excluding carboxylic acids is 2. The Balaban J connectivity index is 1.39. The minimum atomic E-state index is -4.97. The molecule has 2 aliphatic heterocycles. The highest BCUT2D eigenvalue weighted by molar-refractivity contribution is 6.33. The molecule has 0 unspecified atom stereocenters. The summed E-state index contributed by atoms with van der Waals surface area (Å²) in [6.07, 6.45) is -0.269. The van der Waals surface area contributed by atoms with Gasteiger partial charge in [-0.05, 0) is 77.0 Å². The zero-order valence-corrected chi connectivity index (χ0v) is 27.4. The van der Waals surface area contributed by atoms with E-state index < -0.39 is 52.1 Å². The van der Waals surface area contributed by atoms with Crippen LogP contribution in [0.5, 0.6) is 0 Å². The molecule has 16 heteroatoms. The van der Waals surface area contributed by atoms with Crippen LogP contribution in [0.15, 0.2) is 23.0 Å². The molecule has 4 heterocycles. The van der Waals surface area contributed by atoms with Crippen molar-refractivity contribution in [2.75, 3.05) is 31.6 Å². The Bertz CT molecular complexity index is 1870. The van der Waals surface area contributed by atoms with E-state index in [1.165, 1.54) is 4.52 Å². The smallest absolute Gasteiger partial charge is 0.419 e. The van der Waals surface area contributed by atoms with Gasteiger partial charge in [-0.15, -0.1) is 5.10 Å². The first kappa shape index (κ1) is 33.9. The average molecular weight is 695 g/mol. The largest absolute Gasteiger partial charge is 0.444 e. The van der Waals surface area contributed by atoms with Gasteiger partial charge < -0.3 is 24.3 Å². The number of nitrogens with zero attached hydrogens (tertiary/aromatic N) is 5. The number of likely N-dealkylation sites (tertiary alicyclic amines) is 1. The Morgan fingerprint density at radius 2 is 1.85 bits per heavy atom. The molecule has 258 valence electrons. The molecule has 1 saturated heterocycles. The van der Waals surface area contributed by atoms with Crippen LogP contribution in [0.25, 0.3) is 11.4 Å². The van der Waals surface area contributed by atoms with Crippen LogP contribution in [0.3, 0.4) is 0 Å². The van der Waals surface area contributed by atoms with Crippen LogP contribution in [-0.2, 0) is 38.8 Å². The summed E-state index contributed by atoms with van der Waals surface area (Å²) in [4.78, 5) is 46.9. The van der Waals surface area contributed by atoms with Crippen molar-refractivity contribution in [1.82, 2.24) is 24.1 Å². The highest BCUT2D eigenvalue weighted by Crippen LogP contribution is 2.44. The third kappa shape index (κ3) is 6.53. The van der Waals surface area contributed by atoms with E-state index in [4.69, 9.17) is 21.1 Å². The third-order valence-corrected chi connectivity index (χ3v) is 9.32. The van der Waals surface area contributed by atoms with E-state index in [-0.39, 0.29) is 17.0 Å². The number of fused-ring (bicyclic) bond motifs is 3. The maximum Gasteiger partial charge on any atom is 0.419 e. The molecule has 11 nitrogen and oxygen atoms in total. The number of nitrogens with one attached hydrogen (secondary N) is 1. The van der Waals surface area contributed by atoms with Gasteiger partial charge in [-0.25, -0.2) is 9.18 Å². The number of benzene rings is 1. The lowest BCUT2D eigenvalue weighted by atomic mass is 9.66. The minimum absolute atomic E-state index is 0.115. The van der Waals surface area contributed by atoms with Crippen molar-refractivity contribution < 1.29 is 36.6 Å². The molecule has 3 aliphatic rings. The summed E-state index contributed by atoms with van der Waals surface area (Å²) < 4.78 is 67.7. The van der Waals surface area contributed by atoms with Gasteiger partial charge in [-0.3, -0.25) is 9.59 Å². The number of hydrogen-bond acceptors (Lipinski definition) is 7. The fourth-order valence-corrected chi connectivity index (χ4v) is 6.99. The second-order valence-electron chi connectivity index (χ2n) is 13.4. The Morgan fingerprint density at radius 1 is 1.12 bits per heavy atom. The molecule has 2 aromatic heterocycles. The molecule has 6 rings (SSSR count). The molecule has 1 aromatic carbocycles. The zero-order chi connectivity index (χ0) is 34.6. The number of piperidine rings is 1. The van der Waals surface area contributed by atoms with Crippen LogP contribution in [0.2, 0.25) is 5.02 Å². The summed E-state index contributed by atoms with van der Waals surface area (Å²) in [5.74, 6) is -1.88. The highest BCUT2D eigenvalue weighted by Gasteiger charge is 2.45. The van der Waals surface area contributed by atoms with Crippen LogP contribution < -0.4 is 10.9 Å². The predicted molar refractivity (Wildman–Crippen MR) is 167 cm³/mol. The number of rotatable bonds is 4. The fraction of sp³-hybridized carbons (Fsp3) is 0.531. The van der Waals surface area contributed by atoms with E-state index in [9.17, 15) is 31.9 Å². The van der Waals surface area contributed by atoms with Crippen molar-refractivity contribution in [2.24, 2.45) is 0 Å². The normalized spacial score (nSPS) is 18.1. The number of alkyl halides is 3. The van der Waals surface area contributed by atoms with Gasteiger partial charge in [-0.1, -0.05) is 17.7 Å². The number of hydrogen-bond donors (Lipinski definition) is 1. The molecule has 3 aromatic rings. The van der Waals surface area contributed by atoms with E-state index in [0.717, 1.165) is 5.57 Å². The molecule has 1 N–H and O–H groups in total. The summed E-state index contributed by atoms with van der Waals surface area (Å²) >= 11 is 6.03. The second kappa shape index (κ2) is 12.5.